The summed E-state index contributed by atoms with van der Waals surface area (Å²) in [4.78, 5) is 2.46. The van der Waals surface area contributed by atoms with Crippen LogP contribution in [0.5, 0.6) is 0 Å². The molecule has 11 rings (SSSR count). The lowest BCUT2D eigenvalue weighted by atomic mass is 9.78. The molecule has 1 nitrogen and oxygen atoms in total. The maximum absolute atomic E-state index is 2.46. The van der Waals surface area contributed by atoms with Crippen molar-refractivity contribution in [3.63, 3.8) is 0 Å². The Labute approximate surface area is 323 Å². The highest BCUT2D eigenvalue weighted by molar-refractivity contribution is 6.05. The van der Waals surface area contributed by atoms with Crippen LogP contribution in [0.25, 0.3) is 65.3 Å². The van der Waals surface area contributed by atoms with E-state index in [2.05, 4.69) is 198 Å². The number of fused-ring (bicyclic) bond motifs is 12. The van der Waals surface area contributed by atoms with E-state index in [1.165, 1.54) is 104 Å². The molecule has 0 radical (unpaired) electrons. The van der Waals surface area contributed by atoms with Gasteiger partial charge >= 0.3 is 0 Å². The number of anilines is 3. The van der Waals surface area contributed by atoms with Crippen molar-refractivity contribution in [2.24, 2.45) is 0 Å². The maximum Gasteiger partial charge on any atom is 0.0468 e. The predicted molar refractivity (Wildman–Crippen MR) is 236 cm³/mol. The first-order valence-corrected chi connectivity index (χ1v) is 19.7. The van der Waals surface area contributed by atoms with E-state index in [4.69, 9.17) is 0 Å². The molecule has 0 atom stereocenters. The molecule has 0 amide bonds. The molecule has 0 saturated heterocycles. The van der Waals surface area contributed by atoms with Crippen LogP contribution in [0.2, 0.25) is 0 Å². The van der Waals surface area contributed by atoms with Crippen LogP contribution in [0.15, 0.2) is 152 Å². The van der Waals surface area contributed by atoms with Gasteiger partial charge in [-0.2, -0.15) is 0 Å². The Morgan fingerprint density at radius 1 is 0.345 bits per heavy atom. The number of hydrogen-bond acceptors (Lipinski definition) is 1. The summed E-state index contributed by atoms with van der Waals surface area (Å²) in [6.07, 6.45) is 0. The van der Waals surface area contributed by atoms with Gasteiger partial charge in [-0.05, 0) is 173 Å². The third-order valence-electron chi connectivity index (χ3n) is 12.9. The molecule has 0 aromatic heterocycles. The molecule has 0 spiro atoms. The lowest BCUT2D eigenvalue weighted by Gasteiger charge is -2.28. The molecule has 0 N–H and O–H groups in total. The highest BCUT2D eigenvalue weighted by Gasteiger charge is 2.39. The van der Waals surface area contributed by atoms with E-state index >= 15 is 0 Å². The number of nitrogens with zero attached hydrogens (tertiary/aromatic N) is 1. The molecule has 2 aliphatic carbocycles. The molecule has 0 heterocycles. The minimum Gasteiger partial charge on any atom is -0.310 e. The van der Waals surface area contributed by atoms with E-state index in [1.807, 2.05) is 0 Å². The maximum atomic E-state index is 2.46. The number of benzene rings is 9. The topological polar surface area (TPSA) is 3.24 Å². The summed E-state index contributed by atoms with van der Waals surface area (Å²) in [6, 6.07) is 57.7. The van der Waals surface area contributed by atoms with Crippen molar-refractivity contribution in [1.82, 2.24) is 0 Å². The molecule has 0 bridgehead atoms. The van der Waals surface area contributed by atoms with Crippen LogP contribution >= 0.6 is 0 Å². The van der Waals surface area contributed by atoms with Crippen molar-refractivity contribution >= 4 is 60.2 Å². The minimum absolute atomic E-state index is 0.0927. The van der Waals surface area contributed by atoms with Crippen LogP contribution < -0.4 is 4.90 Å². The lowest BCUT2D eigenvalue weighted by Crippen LogP contribution is -2.16. The molecule has 1 heteroatoms. The Kier molecular flexibility index (Phi) is 6.56. The molecule has 0 fully saturated rings. The fourth-order valence-electron chi connectivity index (χ4n) is 10.5. The third-order valence-corrected chi connectivity index (χ3v) is 12.9. The largest absolute Gasteiger partial charge is 0.310 e. The summed E-state index contributed by atoms with van der Waals surface area (Å²) >= 11 is 0. The van der Waals surface area contributed by atoms with Crippen molar-refractivity contribution in [2.75, 3.05) is 4.90 Å². The monoisotopic (exact) mass is 705 g/mol. The Bertz CT molecular complexity index is 3100. The Balaban J connectivity index is 1.07. The molecule has 9 aromatic carbocycles. The third kappa shape index (κ3) is 4.59. The molecular formula is C54H43N. The van der Waals surface area contributed by atoms with Crippen LogP contribution in [0.4, 0.5) is 17.1 Å². The SMILES string of the molecule is Cc1cc(C)cc(N(c2ccc3cc4c(cc3c2)C(C)(C)c2cc3ccccc3cc2-4)c2ccc3c4c(ccc3c2)-c2ccc3ccccc3c2C4(C)C)c1. The second-order valence-corrected chi connectivity index (χ2v) is 17.2. The Morgan fingerprint density at radius 2 is 0.836 bits per heavy atom. The zero-order valence-corrected chi connectivity index (χ0v) is 32.4. The molecule has 264 valence electrons. The van der Waals surface area contributed by atoms with Gasteiger partial charge in [-0.1, -0.05) is 119 Å². The fraction of sp³-hybridized carbons (Fsp3) is 0.148. The van der Waals surface area contributed by atoms with Gasteiger partial charge in [0.05, 0.1) is 0 Å². The van der Waals surface area contributed by atoms with E-state index in [0.717, 1.165) is 11.4 Å². The van der Waals surface area contributed by atoms with Crippen LogP contribution in [0, 0.1) is 13.8 Å². The molecule has 55 heavy (non-hydrogen) atoms. The van der Waals surface area contributed by atoms with Crippen molar-refractivity contribution in [2.45, 2.75) is 52.4 Å². The summed E-state index contributed by atoms with van der Waals surface area (Å²) in [7, 11) is 0. The molecule has 2 aliphatic rings. The lowest BCUT2D eigenvalue weighted by molar-refractivity contribution is 0.662. The van der Waals surface area contributed by atoms with Gasteiger partial charge in [0.15, 0.2) is 0 Å². The zero-order valence-electron chi connectivity index (χ0n) is 32.4. The second-order valence-electron chi connectivity index (χ2n) is 17.2. The van der Waals surface area contributed by atoms with Crippen LogP contribution in [-0.4, -0.2) is 0 Å². The van der Waals surface area contributed by atoms with Gasteiger partial charge in [-0.25, -0.2) is 0 Å². The van der Waals surface area contributed by atoms with Gasteiger partial charge in [-0.3, -0.25) is 0 Å². The smallest absolute Gasteiger partial charge is 0.0468 e. The number of aryl methyl sites for hydroxylation is 2. The van der Waals surface area contributed by atoms with Crippen molar-refractivity contribution in [1.29, 1.82) is 0 Å². The van der Waals surface area contributed by atoms with E-state index in [1.54, 1.807) is 0 Å². The summed E-state index contributed by atoms with van der Waals surface area (Å²) in [5.74, 6) is 0. The molecular weight excluding hydrogens is 663 g/mol. The standard InChI is InChI=1S/C54H43N/c1-32-23-33(2)25-42(24-32)55(40-18-15-37-29-48-47-28-35-12-7-8-13-36(35)30-49(47)53(3,4)50(48)31-39(37)27-40)41-19-22-44-38(26-41)17-21-46-45-20-16-34-11-9-10-14-43(34)51(45)54(5,6)52(44)46/h7-31H,1-6H3. The van der Waals surface area contributed by atoms with Gasteiger partial charge in [0.25, 0.3) is 0 Å². The van der Waals surface area contributed by atoms with Crippen molar-refractivity contribution in [3.05, 3.63) is 185 Å². The molecule has 0 saturated carbocycles. The first-order chi connectivity index (χ1) is 26.6. The first kappa shape index (κ1) is 32.3. The minimum atomic E-state index is -0.126. The van der Waals surface area contributed by atoms with Crippen LogP contribution in [-0.2, 0) is 10.8 Å². The predicted octanol–water partition coefficient (Wildman–Crippen LogP) is 15.0. The second kappa shape index (κ2) is 11.2. The fourth-order valence-corrected chi connectivity index (χ4v) is 10.5. The average Bonchev–Trinajstić information content (AvgIpc) is 3.54. The van der Waals surface area contributed by atoms with E-state index in [-0.39, 0.29) is 10.8 Å². The van der Waals surface area contributed by atoms with Crippen LogP contribution in [0.1, 0.15) is 61.1 Å². The van der Waals surface area contributed by atoms with E-state index in [9.17, 15) is 0 Å². The van der Waals surface area contributed by atoms with Crippen LogP contribution in [0.3, 0.4) is 0 Å². The van der Waals surface area contributed by atoms with E-state index in [0.29, 0.717) is 0 Å². The quantitative estimate of drug-likeness (QED) is 0.177. The van der Waals surface area contributed by atoms with Gasteiger partial charge in [0, 0.05) is 27.9 Å². The van der Waals surface area contributed by atoms with Gasteiger partial charge < -0.3 is 4.90 Å². The Hall–Kier alpha value is -6.18. The number of rotatable bonds is 3. The summed E-state index contributed by atoms with van der Waals surface area (Å²) in [5.41, 5.74) is 16.9. The Morgan fingerprint density at radius 3 is 1.51 bits per heavy atom. The average molecular weight is 706 g/mol. The van der Waals surface area contributed by atoms with Gasteiger partial charge in [-0.15, -0.1) is 0 Å². The molecule has 0 aliphatic heterocycles. The number of hydrogen-bond donors (Lipinski definition) is 0. The molecule has 9 aromatic rings. The summed E-state index contributed by atoms with van der Waals surface area (Å²) < 4.78 is 0. The highest BCUT2D eigenvalue weighted by Crippen LogP contribution is 2.55. The highest BCUT2D eigenvalue weighted by atomic mass is 15.1. The summed E-state index contributed by atoms with van der Waals surface area (Å²) in [5, 5.41) is 10.4. The molecule has 0 unspecified atom stereocenters. The van der Waals surface area contributed by atoms with Crippen molar-refractivity contribution in [3.8, 4) is 22.3 Å². The first-order valence-electron chi connectivity index (χ1n) is 19.7. The zero-order chi connectivity index (χ0) is 37.4. The van der Waals surface area contributed by atoms with Gasteiger partial charge in [0.2, 0.25) is 0 Å². The van der Waals surface area contributed by atoms with E-state index < -0.39 is 0 Å². The normalized spacial score (nSPS) is 14.7. The van der Waals surface area contributed by atoms with Crippen molar-refractivity contribution < 1.29 is 0 Å². The summed E-state index contributed by atoms with van der Waals surface area (Å²) in [6.45, 7) is 14.0. The van der Waals surface area contributed by atoms with Gasteiger partial charge in [0.1, 0.15) is 0 Å².